The first-order valence-corrected chi connectivity index (χ1v) is 7.33. The van der Waals surface area contributed by atoms with Crippen molar-refractivity contribution in [2.24, 2.45) is 0 Å². The molecular formula is C16H20N4O2. The molecule has 2 amide bonds. The summed E-state index contributed by atoms with van der Waals surface area (Å²) in [5, 5.41) is 5.71. The predicted octanol–water partition coefficient (Wildman–Crippen LogP) is 3.58. The Morgan fingerprint density at radius 1 is 1.14 bits per heavy atom. The molecule has 0 aliphatic carbocycles. The summed E-state index contributed by atoms with van der Waals surface area (Å²) >= 11 is 0. The van der Waals surface area contributed by atoms with Crippen LogP contribution in [0.2, 0.25) is 0 Å². The monoisotopic (exact) mass is 300 g/mol. The van der Waals surface area contributed by atoms with Crippen LogP contribution in [0.25, 0.3) is 0 Å². The van der Waals surface area contributed by atoms with Crippen molar-refractivity contribution in [2.45, 2.75) is 32.7 Å². The normalized spacial score (nSPS) is 10.3. The third kappa shape index (κ3) is 4.73. The summed E-state index contributed by atoms with van der Waals surface area (Å²) in [4.78, 5) is 19.8. The lowest BCUT2D eigenvalue weighted by Crippen LogP contribution is -2.37. The summed E-state index contributed by atoms with van der Waals surface area (Å²) < 4.78 is 5.49. The molecule has 22 heavy (non-hydrogen) atoms. The third-order valence-electron chi connectivity index (χ3n) is 3.18. The second-order valence-electron chi connectivity index (χ2n) is 4.77. The van der Waals surface area contributed by atoms with Crippen LogP contribution in [0.3, 0.4) is 0 Å². The minimum absolute atomic E-state index is 0.192. The van der Waals surface area contributed by atoms with Crippen LogP contribution in [0.5, 0.6) is 11.8 Å². The number of nitrogens with one attached hydrogen (secondary N) is 2. The van der Waals surface area contributed by atoms with E-state index in [0.29, 0.717) is 11.4 Å². The number of anilines is 1. The van der Waals surface area contributed by atoms with Crippen LogP contribution >= 0.6 is 0 Å². The molecule has 1 aromatic heterocycles. The minimum Gasteiger partial charge on any atom is -0.424 e. The van der Waals surface area contributed by atoms with Gasteiger partial charge in [0.1, 0.15) is 5.75 Å². The number of ether oxygens (including phenoxy) is 1. The number of amides is 2. The predicted molar refractivity (Wildman–Crippen MR) is 85.1 cm³/mol. The summed E-state index contributed by atoms with van der Waals surface area (Å²) in [7, 11) is 0. The first-order chi connectivity index (χ1) is 10.7. The molecule has 0 saturated carbocycles. The van der Waals surface area contributed by atoms with E-state index in [9.17, 15) is 4.79 Å². The third-order valence-corrected chi connectivity index (χ3v) is 3.18. The number of nitrogens with zero attached hydrogens (tertiary/aromatic N) is 2. The number of carbonyl (C=O) groups is 1. The van der Waals surface area contributed by atoms with E-state index in [-0.39, 0.29) is 18.1 Å². The van der Waals surface area contributed by atoms with Crippen LogP contribution in [-0.4, -0.2) is 22.0 Å². The number of hydrogen-bond donors (Lipinski definition) is 2. The second kappa shape index (κ2) is 7.97. The molecule has 2 aromatic rings. The Kier molecular flexibility index (Phi) is 5.71. The highest BCUT2D eigenvalue weighted by Gasteiger charge is 2.08. The second-order valence-corrected chi connectivity index (χ2v) is 4.77. The molecule has 0 spiro atoms. The Balaban J connectivity index is 1.90. The first-order valence-electron chi connectivity index (χ1n) is 7.33. The van der Waals surface area contributed by atoms with Crippen molar-refractivity contribution in [2.75, 3.05) is 5.32 Å². The molecule has 0 fully saturated rings. The highest BCUT2D eigenvalue weighted by atomic mass is 16.5. The zero-order valence-corrected chi connectivity index (χ0v) is 12.7. The van der Waals surface area contributed by atoms with Crippen molar-refractivity contribution in [1.29, 1.82) is 0 Å². The van der Waals surface area contributed by atoms with Gasteiger partial charge >= 0.3 is 12.0 Å². The van der Waals surface area contributed by atoms with E-state index in [4.69, 9.17) is 4.74 Å². The van der Waals surface area contributed by atoms with Crippen LogP contribution in [0, 0.1) is 0 Å². The standard InChI is InChI=1S/C16H20N4O2/c1-3-12(4-2)19-15(21)20-13-6-8-14(9-7-13)22-16-17-10-5-11-18-16/h5-12H,3-4H2,1-2H3,(H2,19,20,21). The molecule has 116 valence electrons. The zero-order chi connectivity index (χ0) is 15.8. The average Bonchev–Trinajstić information content (AvgIpc) is 2.55. The van der Waals surface area contributed by atoms with Crippen LogP contribution in [0.1, 0.15) is 26.7 Å². The molecule has 0 bridgehead atoms. The van der Waals surface area contributed by atoms with Gasteiger partial charge in [-0.05, 0) is 43.2 Å². The molecule has 2 rings (SSSR count). The van der Waals surface area contributed by atoms with Crippen LogP contribution in [0.15, 0.2) is 42.7 Å². The summed E-state index contributed by atoms with van der Waals surface area (Å²) in [6, 6.07) is 9.04. The van der Waals surface area contributed by atoms with E-state index >= 15 is 0 Å². The molecular weight excluding hydrogens is 280 g/mol. The summed E-state index contributed by atoms with van der Waals surface area (Å²) in [6.07, 6.45) is 5.04. The molecule has 0 aliphatic rings. The van der Waals surface area contributed by atoms with Gasteiger partial charge in [0, 0.05) is 24.1 Å². The summed E-state index contributed by atoms with van der Waals surface area (Å²) in [5.41, 5.74) is 0.699. The van der Waals surface area contributed by atoms with Gasteiger partial charge in [-0.2, -0.15) is 0 Å². The fourth-order valence-electron chi connectivity index (χ4n) is 1.90. The average molecular weight is 300 g/mol. The van der Waals surface area contributed by atoms with Gasteiger partial charge in [0.05, 0.1) is 0 Å². The molecule has 0 radical (unpaired) electrons. The fourth-order valence-corrected chi connectivity index (χ4v) is 1.90. The van der Waals surface area contributed by atoms with Gasteiger partial charge in [0.15, 0.2) is 0 Å². The Hall–Kier alpha value is -2.63. The van der Waals surface area contributed by atoms with Crippen molar-refractivity contribution in [3.05, 3.63) is 42.7 Å². The lowest BCUT2D eigenvalue weighted by molar-refractivity contribution is 0.247. The fraction of sp³-hybridized carbons (Fsp3) is 0.312. The molecule has 0 saturated heterocycles. The Morgan fingerprint density at radius 3 is 2.36 bits per heavy atom. The summed E-state index contributed by atoms with van der Waals surface area (Å²) in [6.45, 7) is 4.10. The number of benzene rings is 1. The molecule has 2 N–H and O–H groups in total. The lowest BCUT2D eigenvalue weighted by atomic mass is 10.2. The summed E-state index contributed by atoms with van der Waals surface area (Å²) in [5.74, 6) is 0.608. The Bertz CT molecular complexity index is 583. The quantitative estimate of drug-likeness (QED) is 0.855. The van der Waals surface area contributed by atoms with Crippen LogP contribution in [-0.2, 0) is 0 Å². The van der Waals surface area contributed by atoms with E-state index in [2.05, 4.69) is 20.6 Å². The number of aromatic nitrogens is 2. The van der Waals surface area contributed by atoms with Gasteiger partial charge in [-0.3, -0.25) is 0 Å². The SMILES string of the molecule is CCC(CC)NC(=O)Nc1ccc(Oc2ncccn2)cc1. The number of hydrogen-bond acceptors (Lipinski definition) is 4. The van der Waals surface area contributed by atoms with E-state index in [1.54, 1.807) is 42.7 Å². The molecule has 0 atom stereocenters. The number of carbonyl (C=O) groups excluding carboxylic acids is 1. The van der Waals surface area contributed by atoms with Gasteiger partial charge in [0.2, 0.25) is 0 Å². The van der Waals surface area contributed by atoms with Gasteiger partial charge in [-0.15, -0.1) is 0 Å². The molecule has 6 nitrogen and oxygen atoms in total. The van der Waals surface area contributed by atoms with Crippen molar-refractivity contribution in [3.8, 4) is 11.8 Å². The molecule has 6 heteroatoms. The highest BCUT2D eigenvalue weighted by molar-refractivity contribution is 5.89. The van der Waals surface area contributed by atoms with Crippen molar-refractivity contribution >= 4 is 11.7 Å². The molecule has 1 aromatic carbocycles. The Morgan fingerprint density at radius 2 is 1.77 bits per heavy atom. The molecule has 1 heterocycles. The maximum atomic E-state index is 11.8. The molecule has 0 unspecified atom stereocenters. The maximum Gasteiger partial charge on any atom is 0.321 e. The van der Waals surface area contributed by atoms with E-state index < -0.39 is 0 Å². The minimum atomic E-state index is -0.200. The van der Waals surface area contributed by atoms with E-state index in [1.165, 1.54) is 0 Å². The van der Waals surface area contributed by atoms with Crippen LogP contribution in [0.4, 0.5) is 10.5 Å². The number of urea groups is 1. The number of rotatable bonds is 6. The largest absolute Gasteiger partial charge is 0.424 e. The maximum absolute atomic E-state index is 11.8. The van der Waals surface area contributed by atoms with E-state index in [1.807, 2.05) is 13.8 Å². The van der Waals surface area contributed by atoms with Gasteiger partial charge in [-0.1, -0.05) is 13.8 Å². The topological polar surface area (TPSA) is 76.1 Å². The van der Waals surface area contributed by atoms with Crippen molar-refractivity contribution in [3.63, 3.8) is 0 Å². The Labute approximate surface area is 129 Å². The zero-order valence-electron chi connectivity index (χ0n) is 12.7. The van der Waals surface area contributed by atoms with Crippen molar-refractivity contribution in [1.82, 2.24) is 15.3 Å². The molecule has 0 aliphatic heterocycles. The van der Waals surface area contributed by atoms with Crippen LogP contribution < -0.4 is 15.4 Å². The first kappa shape index (κ1) is 15.8. The van der Waals surface area contributed by atoms with Crippen molar-refractivity contribution < 1.29 is 9.53 Å². The van der Waals surface area contributed by atoms with Gasteiger partial charge < -0.3 is 15.4 Å². The lowest BCUT2D eigenvalue weighted by Gasteiger charge is -2.15. The van der Waals surface area contributed by atoms with Gasteiger partial charge in [-0.25, -0.2) is 14.8 Å². The van der Waals surface area contributed by atoms with E-state index in [0.717, 1.165) is 12.8 Å². The van der Waals surface area contributed by atoms with Gasteiger partial charge in [0.25, 0.3) is 0 Å². The highest BCUT2D eigenvalue weighted by Crippen LogP contribution is 2.19. The smallest absolute Gasteiger partial charge is 0.321 e.